The SMILES string of the molecule is CC(C)C1CC[C@H](C)[C@@H]2C(=O)C[C@H](C)[C@@H]2C1. The van der Waals surface area contributed by atoms with Crippen LogP contribution in [0.1, 0.15) is 53.4 Å². The van der Waals surface area contributed by atoms with Crippen LogP contribution in [0, 0.1) is 35.5 Å². The van der Waals surface area contributed by atoms with Gasteiger partial charge in [0.2, 0.25) is 0 Å². The summed E-state index contributed by atoms with van der Waals surface area (Å²) in [5.41, 5.74) is 0. The van der Waals surface area contributed by atoms with Crippen LogP contribution >= 0.6 is 0 Å². The summed E-state index contributed by atoms with van der Waals surface area (Å²) < 4.78 is 0. The van der Waals surface area contributed by atoms with Gasteiger partial charge in [0.25, 0.3) is 0 Å². The van der Waals surface area contributed by atoms with Crippen molar-refractivity contribution in [2.45, 2.75) is 53.4 Å². The molecule has 0 aromatic rings. The van der Waals surface area contributed by atoms with E-state index in [2.05, 4.69) is 27.7 Å². The number of carbonyl (C=O) groups excluding carboxylic acids is 1. The minimum atomic E-state index is 0.402. The quantitative estimate of drug-likeness (QED) is 0.657. The highest BCUT2D eigenvalue weighted by atomic mass is 16.1. The van der Waals surface area contributed by atoms with Gasteiger partial charge in [0, 0.05) is 12.3 Å². The summed E-state index contributed by atoms with van der Waals surface area (Å²) in [5, 5.41) is 0. The van der Waals surface area contributed by atoms with Crippen molar-refractivity contribution in [3.05, 3.63) is 0 Å². The maximum atomic E-state index is 12.1. The molecular formula is C15H26O. The second-order valence-electron chi connectivity index (χ2n) is 6.63. The average Bonchev–Trinajstić information content (AvgIpc) is 2.39. The molecule has 2 aliphatic carbocycles. The Bertz CT molecular complexity index is 269. The number of fused-ring (bicyclic) bond motifs is 1. The molecule has 0 amide bonds. The van der Waals surface area contributed by atoms with Crippen molar-refractivity contribution in [1.82, 2.24) is 0 Å². The van der Waals surface area contributed by atoms with E-state index in [1.54, 1.807) is 0 Å². The molecule has 0 spiro atoms. The lowest BCUT2D eigenvalue weighted by atomic mass is 9.78. The Morgan fingerprint density at radius 3 is 2.44 bits per heavy atom. The van der Waals surface area contributed by atoms with Gasteiger partial charge in [-0.15, -0.1) is 0 Å². The van der Waals surface area contributed by atoms with Crippen LogP contribution in [0.25, 0.3) is 0 Å². The molecule has 2 rings (SSSR count). The van der Waals surface area contributed by atoms with Gasteiger partial charge in [-0.2, -0.15) is 0 Å². The molecule has 0 saturated heterocycles. The van der Waals surface area contributed by atoms with Crippen molar-refractivity contribution < 1.29 is 4.79 Å². The summed E-state index contributed by atoms with van der Waals surface area (Å²) in [6, 6.07) is 0. The first-order valence-electron chi connectivity index (χ1n) is 7.03. The van der Waals surface area contributed by atoms with Crippen LogP contribution < -0.4 is 0 Å². The first-order chi connectivity index (χ1) is 7.50. The van der Waals surface area contributed by atoms with Crippen LogP contribution in [0.3, 0.4) is 0 Å². The fraction of sp³-hybridized carbons (Fsp3) is 0.933. The Hall–Kier alpha value is -0.330. The molecule has 16 heavy (non-hydrogen) atoms. The second kappa shape index (κ2) is 4.50. The highest BCUT2D eigenvalue weighted by Crippen LogP contribution is 2.47. The van der Waals surface area contributed by atoms with E-state index in [1.165, 1.54) is 19.3 Å². The maximum Gasteiger partial charge on any atom is 0.136 e. The average molecular weight is 222 g/mol. The molecule has 2 aliphatic rings. The van der Waals surface area contributed by atoms with Crippen LogP contribution in [-0.2, 0) is 4.79 Å². The van der Waals surface area contributed by atoms with Crippen molar-refractivity contribution in [2.75, 3.05) is 0 Å². The molecule has 2 saturated carbocycles. The van der Waals surface area contributed by atoms with Gasteiger partial charge in [-0.25, -0.2) is 0 Å². The van der Waals surface area contributed by atoms with Gasteiger partial charge in [-0.1, -0.05) is 27.7 Å². The summed E-state index contributed by atoms with van der Waals surface area (Å²) in [6.45, 7) is 9.28. The Kier molecular flexibility index (Phi) is 3.42. The fourth-order valence-electron chi connectivity index (χ4n) is 4.05. The van der Waals surface area contributed by atoms with E-state index in [-0.39, 0.29) is 0 Å². The zero-order chi connectivity index (χ0) is 11.9. The summed E-state index contributed by atoms with van der Waals surface area (Å²) in [4.78, 5) is 12.1. The molecule has 0 aromatic heterocycles. The van der Waals surface area contributed by atoms with Gasteiger partial charge < -0.3 is 0 Å². The van der Waals surface area contributed by atoms with Gasteiger partial charge in [0.05, 0.1) is 0 Å². The number of hydrogen-bond donors (Lipinski definition) is 0. The van der Waals surface area contributed by atoms with Crippen LogP contribution in [0.5, 0.6) is 0 Å². The zero-order valence-electron chi connectivity index (χ0n) is 11.2. The molecule has 1 nitrogen and oxygen atoms in total. The molecule has 1 unspecified atom stereocenters. The molecule has 0 heterocycles. The fourth-order valence-corrected chi connectivity index (χ4v) is 4.05. The first kappa shape index (κ1) is 12.1. The van der Waals surface area contributed by atoms with Crippen molar-refractivity contribution in [3.63, 3.8) is 0 Å². The highest BCUT2D eigenvalue weighted by Gasteiger charge is 2.45. The molecule has 0 bridgehead atoms. The molecule has 0 aliphatic heterocycles. The van der Waals surface area contributed by atoms with Crippen LogP contribution in [0.15, 0.2) is 0 Å². The van der Waals surface area contributed by atoms with Gasteiger partial charge in [-0.05, 0) is 48.9 Å². The smallest absolute Gasteiger partial charge is 0.136 e. The van der Waals surface area contributed by atoms with E-state index in [0.29, 0.717) is 29.5 Å². The molecule has 2 fully saturated rings. The summed E-state index contributed by atoms with van der Waals surface area (Å²) in [5.74, 6) is 4.57. The number of hydrogen-bond acceptors (Lipinski definition) is 1. The van der Waals surface area contributed by atoms with Gasteiger partial charge >= 0.3 is 0 Å². The third-order valence-electron chi connectivity index (χ3n) is 5.21. The number of Topliss-reactive ketones (excluding diaryl/α,β-unsaturated/α-hetero) is 1. The van der Waals surface area contributed by atoms with Crippen molar-refractivity contribution >= 4 is 5.78 Å². The Labute approximate surface area is 100.0 Å². The summed E-state index contributed by atoms with van der Waals surface area (Å²) in [6.07, 6.45) is 4.76. The molecule has 5 atom stereocenters. The molecule has 0 aromatic carbocycles. The summed E-state index contributed by atoms with van der Waals surface area (Å²) in [7, 11) is 0. The van der Waals surface area contributed by atoms with E-state index < -0.39 is 0 Å². The van der Waals surface area contributed by atoms with Crippen LogP contribution in [0.2, 0.25) is 0 Å². The van der Waals surface area contributed by atoms with Crippen LogP contribution in [0.4, 0.5) is 0 Å². The third-order valence-corrected chi connectivity index (χ3v) is 5.21. The third kappa shape index (κ3) is 2.06. The molecule has 0 radical (unpaired) electrons. The predicted molar refractivity (Wildman–Crippen MR) is 67.1 cm³/mol. The van der Waals surface area contributed by atoms with Crippen molar-refractivity contribution in [3.8, 4) is 0 Å². The zero-order valence-corrected chi connectivity index (χ0v) is 11.2. The van der Waals surface area contributed by atoms with Gasteiger partial charge in [-0.3, -0.25) is 4.79 Å². The second-order valence-corrected chi connectivity index (χ2v) is 6.63. The normalized spacial score (nSPS) is 44.6. The lowest BCUT2D eigenvalue weighted by Gasteiger charge is -2.26. The number of rotatable bonds is 1. The largest absolute Gasteiger partial charge is 0.299 e. The van der Waals surface area contributed by atoms with E-state index in [1.807, 2.05) is 0 Å². The van der Waals surface area contributed by atoms with E-state index in [4.69, 9.17) is 0 Å². The van der Waals surface area contributed by atoms with E-state index in [0.717, 1.165) is 18.3 Å². The minimum Gasteiger partial charge on any atom is -0.299 e. The van der Waals surface area contributed by atoms with Gasteiger partial charge in [0.15, 0.2) is 0 Å². The van der Waals surface area contributed by atoms with Crippen LogP contribution in [-0.4, -0.2) is 5.78 Å². The number of ketones is 1. The molecule has 0 N–H and O–H groups in total. The Morgan fingerprint density at radius 2 is 1.81 bits per heavy atom. The van der Waals surface area contributed by atoms with E-state index >= 15 is 0 Å². The monoisotopic (exact) mass is 222 g/mol. The van der Waals surface area contributed by atoms with Crippen molar-refractivity contribution in [1.29, 1.82) is 0 Å². The van der Waals surface area contributed by atoms with E-state index in [9.17, 15) is 4.79 Å². The minimum absolute atomic E-state index is 0.402. The van der Waals surface area contributed by atoms with Crippen molar-refractivity contribution in [2.24, 2.45) is 35.5 Å². The van der Waals surface area contributed by atoms with Gasteiger partial charge in [0.1, 0.15) is 5.78 Å². The maximum absolute atomic E-state index is 12.1. The standard InChI is InChI=1S/C15H26O/c1-9(2)12-6-5-10(3)15-13(8-12)11(4)7-14(15)16/h9-13,15H,5-8H2,1-4H3/t10-,11-,12?,13-,15-/m0/s1. The summed E-state index contributed by atoms with van der Waals surface area (Å²) >= 11 is 0. The predicted octanol–water partition coefficient (Wildman–Crippen LogP) is 3.92. The molecule has 1 heteroatoms. The Morgan fingerprint density at radius 1 is 1.12 bits per heavy atom. The Balaban J connectivity index is 2.18. The highest BCUT2D eigenvalue weighted by molar-refractivity contribution is 5.84. The molecular weight excluding hydrogens is 196 g/mol. The first-order valence-corrected chi connectivity index (χ1v) is 7.03. The topological polar surface area (TPSA) is 17.1 Å². The molecule has 92 valence electrons. The number of carbonyl (C=O) groups is 1. The lowest BCUT2D eigenvalue weighted by molar-refractivity contribution is -0.122. The lowest BCUT2D eigenvalue weighted by Crippen LogP contribution is -2.23.